The van der Waals surface area contributed by atoms with Crippen LogP contribution in [0.4, 0.5) is 0 Å². The van der Waals surface area contributed by atoms with Crippen LogP contribution >= 0.6 is 12.8 Å². The molecule has 0 bridgehead atoms. The van der Waals surface area contributed by atoms with Crippen molar-refractivity contribution in [2.45, 2.75) is 20.3 Å². The van der Waals surface area contributed by atoms with Crippen LogP contribution in [0.2, 0.25) is 0 Å². The third kappa shape index (κ3) is 6.95. The van der Waals surface area contributed by atoms with Crippen molar-refractivity contribution in [3.63, 3.8) is 0 Å². The first kappa shape index (κ1) is 12.3. The third-order valence-electron chi connectivity index (χ3n) is 1.68. The minimum absolute atomic E-state index is 0.698. The van der Waals surface area contributed by atoms with Gasteiger partial charge in [-0.05, 0) is 26.4 Å². The molecule has 0 saturated carbocycles. The summed E-state index contributed by atoms with van der Waals surface area (Å²) in [6.07, 6.45) is 1.18. The van der Waals surface area contributed by atoms with Crippen LogP contribution in [0.25, 0.3) is 0 Å². The fourth-order valence-electron chi connectivity index (χ4n) is 1.39. The maximum atomic E-state index is 4.39. The monoisotopic (exact) mass is 190 g/mol. The predicted octanol–water partition coefficient (Wildman–Crippen LogP) is 1.74. The van der Waals surface area contributed by atoms with Gasteiger partial charge in [0.15, 0.2) is 0 Å². The van der Waals surface area contributed by atoms with Crippen LogP contribution in [0, 0.1) is 5.92 Å². The van der Waals surface area contributed by atoms with E-state index in [0.29, 0.717) is 5.92 Å². The predicted molar refractivity (Wildman–Crippen MR) is 58.6 cm³/mol. The molecule has 1 unspecified atom stereocenters. The largest absolute Gasteiger partial charge is 0.309 e. The first-order valence-electron chi connectivity index (χ1n) is 4.64. The molecule has 0 spiro atoms. The van der Waals surface area contributed by atoms with E-state index in [9.17, 15) is 0 Å². The molecule has 0 rings (SSSR count). The highest BCUT2D eigenvalue weighted by molar-refractivity contribution is 7.77. The lowest BCUT2D eigenvalue weighted by molar-refractivity contribution is 0.297. The lowest BCUT2D eigenvalue weighted by Gasteiger charge is -2.22. The maximum absolute atomic E-state index is 4.39. The lowest BCUT2D eigenvalue weighted by atomic mass is 10.2. The Balaban J connectivity index is 3.46. The molecule has 1 atom stereocenters. The molecule has 0 fully saturated rings. The van der Waals surface area contributed by atoms with Crippen LogP contribution in [0.5, 0.6) is 0 Å². The quantitative estimate of drug-likeness (QED) is 0.637. The SMILES string of the molecule is CCCN(S)CC(C)CN(C)C. The molecule has 0 aromatic heterocycles. The molecule has 3 heteroatoms. The molecular formula is C9H22N2S. The van der Waals surface area contributed by atoms with Crippen LogP contribution in [0.15, 0.2) is 0 Å². The summed E-state index contributed by atoms with van der Waals surface area (Å²) in [6.45, 7) is 7.75. The van der Waals surface area contributed by atoms with Crippen molar-refractivity contribution in [3.05, 3.63) is 0 Å². The van der Waals surface area contributed by atoms with Gasteiger partial charge in [-0.25, -0.2) is 0 Å². The smallest absolute Gasteiger partial charge is 0.0125 e. The van der Waals surface area contributed by atoms with Gasteiger partial charge in [0.25, 0.3) is 0 Å². The Morgan fingerprint density at radius 1 is 1.25 bits per heavy atom. The number of thiol groups is 1. The summed E-state index contributed by atoms with van der Waals surface area (Å²) in [5.74, 6) is 0.698. The zero-order chi connectivity index (χ0) is 9.56. The van der Waals surface area contributed by atoms with Crippen molar-refractivity contribution >= 4 is 12.8 Å². The van der Waals surface area contributed by atoms with Gasteiger partial charge >= 0.3 is 0 Å². The molecule has 0 aliphatic heterocycles. The van der Waals surface area contributed by atoms with E-state index in [1.807, 2.05) is 0 Å². The van der Waals surface area contributed by atoms with Crippen LogP contribution in [-0.4, -0.2) is 42.9 Å². The molecule has 12 heavy (non-hydrogen) atoms. The minimum Gasteiger partial charge on any atom is -0.309 e. The van der Waals surface area contributed by atoms with Gasteiger partial charge in [-0.3, -0.25) is 4.31 Å². The van der Waals surface area contributed by atoms with E-state index in [4.69, 9.17) is 0 Å². The number of nitrogens with zero attached hydrogens (tertiary/aromatic N) is 2. The fraction of sp³-hybridized carbons (Fsp3) is 1.00. The van der Waals surface area contributed by atoms with Gasteiger partial charge in [0.2, 0.25) is 0 Å². The minimum atomic E-state index is 0.698. The second-order valence-corrected chi connectivity index (χ2v) is 4.35. The van der Waals surface area contributed by atoms with E-state index < -0.39 is 0 Å². The molecule has 0 aromatic rings. The fourth-order valence-corrected chi connectivity index (χ4v) is 1.87. The van der Waals surface area contributed by atoms with E-state index in [1.165, 1.54) is 6.42 Å². The van der Waals surface area contributed by atoms with E-state index in [0.717, 1.165) is 19.6 Å². The number of hydrogen-bond donors (Lipinski definition) is 1. The average molecular weight is 190 g/mol. The van der Waals surface area contributed by atoms with Crippen LogP contribution in [0.1, 0.15) is 20.3 Å². The molecule has 0 amide bonds. The third-order valence-corrected chi connectivity index (χ3v) is 2.04. The highest BCUT2D eigenvalue weighted by Crippen LogP contribution is 2.03. The number of hydrogen-bond acceptors (Lipinski definition) is 3. The van der Waals surface area contributed by atoms with Crippen molar-refractivity contribution in [2.24, 2.45) is 5.92 Å². The van der Waals surface area contributed by atoms with Crippen molar-refractivity contribution < 1.29 is 0 Å². The standard InChI is InChI=1S/C9H22N2S/c1-5-6-11(12)8-9(2)7-10(3)4/h9,12H,5-8H2,1-4H3. The van der Waals surface area contributed by atoms with Crippen LogP contribution < -0.4 is 0 Å². The van der Waals surface area contributed by atoms with E-state index in [-0.39, 0.29) is 0 Å². The summed E-state index contributed by atoms with van der Waals surface area (Å²) in [4.78, 5) is 2.22. The van der Waals surface area contributed by atoms with Gasteiger partial charge in [0, 0.05) is 19.6 Å². The Labute approximate surface area is 82.5 Å². The molecule has 0 aromatic carbocycles. The molecule has 0 saturated heterocycles. The van der Waals surface area contributed by atoms with Crippen LogP contribution in [0.3, 0.4) is 0 Å². The molecule has 0 heterocycles. The van der Waals surface area contributed by atoms with Crippen molar-refractivity contribution in [1.82, 2.24) is 9.21 Å². The first-order valence-corrected chi connectivity index (χ1v) is 5.04. The van der Waals surface area contributed by atoms with E-state index in [1.54, 1.807) is 0 Å². The van der Waals surface area contributed by atoms with Gasteiger partial charge in [-0.2, -0.15) is 0 Å². The number of rotatable bonds is 6. The van der Waals surface area contributed by atoms with Crippen molar-refractivity contribution in [2.75, 3.05) is 33.7 Å². The Bertz CT molecular complexity index is 107. The average Bonchev–Trinajstić information content (AvgIpc) is 1.84. The Morgan fingerprint density at radius 3 is 2.25 bits per heavy atom. The molecule has 0 aliphatic carbocycles. The Kier molecular flexibility index (Phi) is 6.90. The summed E-state index contributed by atoms with van der Waals surface area (Å²) in [7, 11) is 4.22. The normalized spacial score (nSPS) is 14.2. The van der Waals surface area contributed by atoms with Gasteiger partial charge < -0.3 is 4.90 Å². The van der Waals surface area contributed by atoms with E-state index >= 15 is 0 Å². The zero-order valence-corrected chi connectivity index (χ0v) is 9.64. The molecule has 0 aliphatic rings. The second kappa shape index (κ2) is 6.75. The van der Waals surface area contributed by atoms with Crippen molar-refractivity contribution in [3.8, 4) is 0 Å². The summed E-state index contributed by atoms with van der Waals surface area (Å²) in [6, 6.07) is 0. The van der Waals surface area contributed by atoms with E-state index in [2.05, 4.69) is 50.0 Å². The molecular weight excluding hydrogens is 168 g/mol. The lowest BCUT2D eigenvalue weighted by Crippen LogP contribution is -2.28. The molecule has 2 nitrogen and oxygen atoms in total. The summed E-state index contributed by atoms with van der Waals surface area (Å²) in [5, 5.41) is 0. The molecule has 0 radical (unpaired) electrons. The Morgan fingerprint density at radius 2 is 1.83 bits per heavy atom. The van der Waals surface area contributed by atoms with Gasteiger partial charge in [-0.15, -0.1) is 0 Å². The van der Waals surface area contributed by atoms with Crippen molar-refractivity contribution in [1.29, 1.82) is 0 Å². The highest BCUT2D eigenvalue weighted by atomic mass is 32.1. The zero-order valence-electron chi connectivity index (χ0n) is 8.75. The Hall–Kier alpha value is 0.270. The van der Waals surface area contributed by atoms with Gasteiger partial charge in [0.1, 0.15) is 0 Å². The van der Waals surface area contributed by atoms with Gasteiger partial charge in [-0.1, -0.05) is 26.7 Å². The maximum Gasteiger partial charge on any atom is 0.0125 e. The second-order valence-electron chi connectivity index (χ2n) is 3.78. The first-order chi connectivity index (χ1) is 5.56. The summed E-state index contributed by atoms with van der Waals surface area (Å²) < 4.78 is 2.11. The topological polar surface area (TPSA) is 6.48 Å². The summed E-state index contributed by atoms with van der Waals surface area (Å²) in [5.41, 5.74) is 0. The van der Waals surface area contributed by atoms with Gasteiger partial charge in [0.05, 0.1) is 0 Å². The highest BCUT2D eigenvalue weighted by Gasteiger charge is 2.06. The van der Waals surface area contributed by atoms with Crippen LogP contribution in [-0.2, 0) is 0 Å². The molecule has 74 valence electrons. The summed E-state index contributed by atoms with van der Waals surface area (Å²) >= 11 is 4.39. The molecule has 0 N–H and O–H groups in total.